The number of nitrogens with one attached hydrogen (secondary N) is 1. The average Bonchev–Trinajstić information content (AvgIpc) is 2.06. The Kier molecular flexibility index (Phi) is 5.88. The summed E-state index contributed by atoms with van der Waals surface area (Å²) in [5.74, 6) is -1.91. The fourth-order valence-electron chi connectivity index (χ4n) is 0.966. The van der Waals surface area contributed by atoms with Crippen LogP contribution in [0, 0.1) is 0 Å². The van der Waals surface area contributed by atoms with Gasteiger partial charge < -0.3 is 15.2 Å². The summed E-state index contributed by atoms with van der Waals surface area (Å²) in [6, 6.07) is -1.37. The summed E-state index contributed by atoms with van der Waals surface area (Å²) in [5, 5.41) is 10.9. The average molecular weight is 302 g/mol. The number of aliphatic carboxylic acids is 1. The smallest absolute Gasteiger partial charge is 0.408 e. The van der Waals surface area contributed by atoms with Crippen LogP contribution < -0.4 is 5.32 Å². The van der Waals surface area contributed by atoms with Gasteiger partial charge in [0.1, 0.15) is 11.6 Å². The molecular weight excluding hydrogens is 286 g/mol. The Bertz CT molecular complexity index is 413. The van der Waals surface area contributed by atoms with Crippen molar-refractivity contribution < 1.29 is 27.9 Å². The Labute approximate surface area is 110 Å². The molecule has 0 rings (SSSR count). The summed E-state index contributed by atoms with van der Waals surface area (Å²) in [5.41, 5.74) is -0.772. The van der Waals surface area contributed by atoms with Gasteiger partial charge in [-0.15, -0.1) is 0 Å². The lowest BCUT2D eigenvalue weighted by atomic mass is 10.2. The van der Waals surface area contributed by atoms with Crippen molar-refractivity contribution in [1.82, 2.24) is 5.32 Å². The molecule has 7 nitrogen and oxygen atoms in total. The molecule has 0 saturated heterocycles. The lowest BCUT2D eigenvalue weighted by Gasteiger charge is -2.21. The number of halogens is 1. The summed E-state index contributed by atoms with van der Waals surface area (Å²) >= 11 is 0. The van der Waals surface area contributed by atoms with Gasteiger partial charge in [0, 0.05) is 10.7 Å². The largest absolute Gasteiger partial charge is 0.480 e. The highest BCUT2D eigenvalue weighted by Crippen LogP contribution is 2.08. The second kappa shape index (κ2) is 6.24. The maximum absolute atomic E-state index is 11.3. The third-order valence-electron chi connectivity index (χ3n) is 1.64. The monoisotopic (exact) mass is 301 g/mol. The van der Waals surface area contributed by atoms with E-state index in [0.29, 0.717) is 0 Å². The third kappa shape index (κ3) is 9.06. The maximum atomic E-state index is 11.3. The van der Waals surface area contributed by atoms with Gasteiger partial charge in [0.2, 0.25) is 9.05 Å². The summed E-state index contributed by atoms with van der Waals surface area (Å²) in [6.45, 7) is 4.85. The standard InChI is InChI=1S/C9H16ClNO6S/c1-9(2,3)17-8(14)11-6(7(12)13)4-5-18(10,15)16/h6H,4-5H2,1-3H3,(H,11,14)(H,12,13). The molecule has 0 spiro atoms. The van der Waals surface area contributed by atoms with Crippen LogP contribution in [0.3, 0.4) is 0 Å². The molecule has 0 aromatic carbocycles. The van der Waals surface area contributed by atoms with E-state index >= 15 is 0 Å². The summed E-state index contributed by atoms with van der Waals surface area (Å²) in [7, 11) is 1.15. The Morgan fingerprint density at radius 2 is 1.89 bits per heavy atom. The molecule has 0 aliphatic carbocycles. The van der Waals surface area contributed by atoms with Crippen molar-refractivity contribution in [2.24, 2.45) is 0 Å². The maximum Gasteiger partial charge on any atom is 0.408 e. The number of carboxylic acids is 1. The third-order valence-corrected chi connectivity index (χ3v) is 2.83. The van der Waals surface area contributed by atoms with Gasteiger partial charge in [0.25, 0.3) is 0 Å². The summed E-state index contributed by atoms with van der Waals surface area (Å²) in [6.07, 6.45) is -1.26. The van der Waals surface area contributed by atoms with Crippen LogP contribution in [-0.2, 0) is 18.6 Å². The molecule has 1 unspecified atom stereocenters. The van der Waals surface area contributed by atoms with Crippen molar-refractivity contribution in [3.05, 3.63) is 0 Å². The van der Waals surface area contributed by atoms with Gasteiger partial charge in [-0.3, -0.25) is 0 Å². The van der Waals surface area contributed by atoms with E-state index in [1.54, 1.807) is 20.8 Å². The molecule has 0 saturated carbocycles. The summed E-state index contributed by atoms with van der Waals surface area (Å²) < 4.78 is 26.3. The normalized spacial score (nSPS) is 13.8. The molecule has 1 atom stereocenters. The number of carbonyl (C=O) groups excluding carboxylic acids is 1. The fraction of sp³-hybridized carbons (Fsp3) is 0.778. The molecule has 0 bridgehead atoms. The lowest BCUT2D eigenvalue weighted by Crippen LogP contribution is -2.44. The van der Waals surface area contributed by atoms with Crippen LogP contribution in [0.4, 0.5) is 4.79 Å². The first-order valence-corrected chi connectivity index (χ1v) is 7.53. The van der Waals surface area contributed by atoms with Crippen LogP contribution >= 0.6 is 10.7 Å². The van der Waals surface area contributed by atoms with Crippen molar-refractivity contribution in [3.63, 3.8) is 0 Å². The number of alkyl carbamates (subject to hydrolysis) is 1. The van der Waals surface area contributed by atoms with Crippen molar-refractivity contribution >= 4 is 31.8 Å². The van der Waals surface area contributed by atoms with Gasteiger partial charge >= 0.3 is 12.1 Å². The minimum Gasteiger partial charge on any atom is -0.480 e. The highest BCUT2D eigenvalue weighted by Gasteiger charge is 2.25. The SMILES string of the molecule is CC(C)(C)OC(=O)NC(CCS(=O)(=O)Cl)C(=O)O. The number of rotatable bonds is 5. The molecule has 0 aromatic heterocycles. The van der Waals surface area contributed by atoms with Crippen LogP contribution in [0.25, 0.3) is 0 Å². The number of carboxylic acid groups (broad SMARTS) is 1. The van der Waals surface area contributed by atoms with Gasteiger partial charge in [-0.1, -0.05) is 0 Å². The molecule has 0 radical (unpaired) electrons. The first-order chi connectivity index (χ1) is 7.91. The van der Waals surface area contributed by atoms with E-state index in [4.69, 9.17) is 20.5 Å². The van der Waals surface area contributed by atoms with Gasteiger partial charge in [-0.05, 0) is 27.2 Å². The summed E-state index contributed by atoms with van der Waals surface area (Å²) in [4.78, 5) is 22.1. The molecule has 0 aromatic rings. The van der Waals surface area contributed by atoms with E-state index in [-0.39, 0.29) is 6.42 Å². The zero-order valence-electron chi connectivity index (χ0n) is 10.3. The van der Waals surface area contributed by atoms with Crippen molar-refractivity contribution in [2.45, 2.75) is 38.8 Å². The molecule has 0 fully saturated rings. The van der Waals surface area contributed by atoms with Crippen molar-refractivity contribution in [3.8, 4) is 0 Å². The first-order valence-electron chi connectivity index (χ1n) is 5.05. The Hall–Kier alpha value is -1.02. The molecular formula is C9H16ClNO6S. The van der Waals surface area contributed by atoms with Gasteiger partial charge in [0.15, 0.2) is 0 Å². The molecule has 0 heterocycles. The van der Waals surface area contributed by atoms with E-state index in [1.807, 2.05) is 0 Å². The Morgan fingerprint density at radius 3 is 2.22 bits per heavy atom. The van der Waals surface area contributed by atoms with Gasteiger partial charge in [0.05, 0.1) is 5.75 Å². The van der Waals surface area contributed by atoms with Gasteiger partial charge in [-0.25, -0.2) is 18.0 Å². The van der Waals surface area contributed by atoms with E-state index in [0.717, 1.165) is 0 Å². The number of ether oxygens (including phenoxy) is 1. The van der Waals surface area contributed by atoms with Crippen molar-refractivity contribution in [2.75, 3.05) is 5.75 Å². The molecule has 0 aliphatic heterocycles. The van der Waals surface area contributed by atoms with Crippen LogP contribution in [0.15, 0.2) is 0 Å². The van der Waals surface area contributed by atoms with E-state index in [1.165, 1.54) is 0 Å². The number of amides is 1. The molecule has 2 N–H and O–H groups in total. The Balaban J connectivity index is 4.46. The van der Waals surface area contributed by atoms with Crippen molar-refractivity contribution in [1.29, 1.82) is 0 Å². The van der Waals surface area contributed by atoms with Crippen LogP contribution in [-0.4, -0.2) is 43.0 Å². The number of hydrogen-bond acceptors (Lipinski definition) is 5. The zero-order chi connectivity index (χ0) is 14.6. The van der Waals surface area contributed by atoms with E-state index < -0.39 is 38.5 Å². The van der Waals surface area contributed by atoms with Gasteiger partial charge in [-0.2, -0.15) is 0 Å². The predicted octanol–water partition coefficient (Wildman–Crippen LogP) is 0.923. The minimum atomic E-state index is -3.81. The first kappa shape index (κ1) is 17.0. The number of carbonyl (C=O) groups is 2. The second-order valence-electron chi connectivity index (χ2n) is 4.57. The lowest BCUT2D eigenvalue weighted by molar-refractivity contribution is -0.139. The highest BCUT2D eigenvalue weighted by atomic mass is 35.7. The van der Waals surface area contributed by atoms with Crippen LogP contribution in [0.5, 0.6) is 0 Å². The Morgan fingerprint density at radius 1 is 1.39 bits per heavy atom. The quantitative estimate of drug-likeness (QED) is 0.731. The predicted molar refractivity (Wildman–Crippen MR) is 65.1 cm³/mol. The molecule has 1 amide bonds. The molecule has 0 aliphatic rings. The fourth-order valence-corrected chi connectivity index (χ4v) is 1.75. The van der Waals surface area contributed by atoms with Crippen LogP contribution in [0.2, 0.25) is 0 Å². The molecule has 9 heteroatoms. The van der Waals surface area contributed by atoms with E-state index in [9.17, 15) is 18.0 Å². The van der Waals surface area contributed by atoms with Crippen LogP contribution in [0.1, 0.15) is 27.2 Å². The minimum absolute atomic E-state index is 0.333. The van der Waals surface area contributed by atoms with E-state index in [2.05, 4.69) is 5.32 Å². The second-order valence-corrected chi connectivity index (χ2v) is 7.47. The molecule has 106 valence electrons. The molecule has 18 heavy (non-hydrogen) atoms. The zero-order valence-corrected chi connectivity index (χ0v) is 11.8. The number of hydrogen-bond donors (Lipinski definition) is 2. The topological polar surface area (TPSA) is 110 Å². The highest BCUT2D eigenvalue weighted by molar-refractivity contribution is 8.13.